The zero-order valence-corrected chi connectivity index (χ0v) is 14.2. The van der Waals surface area contributed by atoms with E-state index in [-0.39, 0.29) is 16.3 Å². The molecule has 27 heavy (non-hydrogen) atoms. The van der Waals surface area contributed by atoms with Gasteiger partial charge in [0.15, 0.2) is 0 Å². The zero-order chi connectivity index (χ0) is 19.2. The smallest absolute Gasteiger partial charge is 0.346 e. The number of H-pyrrole nitrogens is 1. The third-order valence-corrected chi connectivity index (χ3v) is 4.43. The van der Waals surface area contributed by atoms with E-state index >= 15 is 0 Å². The average Bonchev–Trinajstić information content (AvgIpc) is 3.27. The summed E-state index contributed by atoms with van der Waals surface area (Å²) in [6.45, 7) is 0. The maximum absolute atomic E-state index is 13.0. The van der Waals surface area contributed by atoms with Gasteiger partial charge < -0.3 is 9.55 Å². The van der Waals surface area contributed by atoms with E-state index in [1.807, 2.05) is 6.07 Å². The fourth-order valence-electron chi connectivity index (χ4n) is 2.85. The Morgan fingerprint density at radius 2 is 1.96 bits per heavy atom. The van der Waals surface area contributed by atoms with Gasteiger partial charge in [0, 0.05) is 29.5 Å². The summed E-state index contributed by atoms with van der Waals surface area (Å²) in [7, 11) is 0. The van der Waals surface area contributed by atoms with Gasteiger partial charge in [0.05, 0.1) is 27.5 Å². The van der Waals surface area contributed by atoms with Crippen LogP contribution >= 0.6 is 11.6 Å². The molecule has 4 aromatic rings. The van der Waals surface area contributed by atoms with Crippen LogP contribution in [-0.4, -0.2) is 19.5 Å². The highest BCUT2D eigenvalue weighted by atomic mass is 35.5. The molecule has 1 aromatic carbocycles. The van der Waals surface area contributed by atoms with Crippen molar-refractivity contribution in [1.29, 1.82) is 5.26 Å². The van der Waals surface area contributed by atoms with E-state index in [0.717, 1.165) is 12.1 Å². The number of aromatic nitrogens is 4. The van der Waals surface area contributed by atoms with Crippen LogP contribution in [0.25, 0.3) is 28.0 Å². The lowest BCUT2D eigenvalue weighted by molar-refractivity contribution is -0.137. The number of nitriles is 1. The molecule has 0 amide bonds. The molecule has 134 valence electrons. The monoisotopic (exact) mass is 387 g/mol. The van der Waals surface area contributed by atoms with Crippen molar-refractivity contribution in [2.24, 2.45) is 0 Å². The van der Waals surface area contributed by atoms with Gasteiger partial charge in [-0.1, -0.05) is 11.6 Å². The molecule has 5 nitrogen and oxygen atoms in total. The first kappa shape index (κ1) is 17.1. The van der Waals surface area contributed by atoms with Crippen LogP contribution in [-0.2, 0) is 6.18 Å². The number of aromatic amines is 1. The van der Waals surface area contributed by atoms with Crippen molar-refractivity contribution >= 4 is 22.6 Å². The molecular weight excluding hydrogens is 379 g/mol. The van der Waals surface area contributed by atoms with Crippen molar-refractivity contribution in [3.05, 3.63) is 65.3 Å². The molecule has 9 heteroatoms. The summed E-state index contributed by atoms with van der Waals surface area (Å²) in [5, 5.41) is 10.3. The first-order chi connectivity index (χ1) is 12.9. The van der Waals surface area contributed by atoms with Crippen molar-refractivity contribution in [2.75, 3.05) is 0 Å². The van der Waals surface area contributed by atoms with E-state index in [4.69, 9.17) is 11.6 Å². The highest BCUT2D eigenvalue weighted by Gasteiger charge is 2.31. The molecule has 0 fully saturated rings. The van der Waals surface area contributed by atoms with Crippen molar-refractivity contribution in [2.45, 2.75) is 6.18 Å². The molecule has 0 aliphatic carbocycles. The summed E-state index contributed by atoms with van der Waals surface area (Å²) in [6, 6.07) is 6.85. The molecule has 0 saturated heterocycles. The Balaban J connectivity index is 1.91. The van der Waals surface area contributed by atoms with E-state index in [2.05, 4.69) is 15.0 Å². The second-order valence-electron chi connectivity index (χ2n) is 5.73. The predicted molar refractivity (Wildman–Crippen MR) is 93.4 cm³/mol. The van der Waals surface area contributed by atoms with Crippen LogP contribution in [0.5, 0.6) is 0 Å². The van der Waals surface area contributed by atoms with Gasteiger partial charge in [-0.25, -0.2) is 9.97 Å². The number of hydrogen-bond donors (Lipinski definition) is 1. The third kappa shape index (κ3) is 2.92. The highest BCUT2D eigenvalue weighted by Crippen LogP contribution is 2.35. The van der Waals surface area contributed by atoms with Gasteiger partial charge in [0.1, 0.15) is 18.0 Å². The number of hydrogen-bond acceptors (Lipinski definition) is 3. The zero-order valence-electron chi connectivity index (χ0n) is 13.4. The molecule has 0 aliphatic rings. The Kier molecular flexibility index (Phi) is 3.89. The number of halogens is 4. The SMILES string of the molecule is N#Cc1cn(-c2cc(C(F)(F)F)ccc2Cl)cc1-c1ncnc2[nH]ccc12. The van der Waals surface area contributed by atoms with Gasteiger partial charge in [-0.15, -0.1) is 0 Å². The fourth-order valence-corrected chi connectivity index (χ4v) is 3.06. The van der Waals surface area contributed by atoms with Crippen molar-refractivity contribution in [3.63, 3.8) is 0 Å². The van der Waals surface area contributed by atoms with Gasteiger partial charge in [0.25, 0.3) is 0 Å². The van der Waals surface area contributed by atoms with E-state index in [0.29, 0.717) is 22.3 Å². The van der Waals surface area contributed by atoms with Crippen molar-refractivity contribution in [3.8, 4) is 23.0 Å². The van der Waals surface area contributed by atoms with Crippen LogP contribution in [0.3, 0.4) is 0 Å². The predicted octanol–water partition coefficient (Wildman–Crippen LogP) is 4.96. The molecule has 1 N–H and O–H groups in total. The lowest BCUT2D eigenvalue weighted by Gasteiger charge is -2.11. The average molecular weight is 388 g/mol. The van der Waals surface area contributed by atoms with Gasteiger partial charge in [-0.05, 0) is 24.3 Å². The summed E-state index contributed by atoms with van der Waals surface area (Å²) in [4.78, 5) is 11.3. The molecule has 0 atom stereocenters. The third-order valence-electron chi connectivity index (χ3n) is 4.11. The van der Waals surface area contributed by atoms with Gasteiger partial charge in [0.2, 0.25) is 0 Å². The second-order valence-corrected chi connectivity index (χ2v) is 6.14. The maximum atomic E-state index is 13.0. The fraction of sp³-hybridized carbons (Fsp3) is 0.0556. The number of alkyl halides is 3. The number of fused-ring (bicyclic) bond motifs is 1. The number of rotatable bonds is 2. The number of nitrogens with one attached hydrogen (secondary N) is 1. The Hall–Kier alpha value is -3.31. The van der Waals surface area contributed by atoms with Gasteiger partial charge in [-0.2, -0.15) is 18.4 Å². The summed E-state index contributed by atoms with van der Waals surface area (Å²) in [5.41, 5.74) is 1.11. The summed E-state index contributed by atoms with van der Waals surface area (Å²) in [6.07, 6.45) is 1.50. The molecule has 0 radical (unpaired) electrons. The van der Waals surface area contributed by atoms with E-state index in [1.165, 1.54) is 29.4 Å². The highest BCUT2D eigenvalue weighted by molar-refractivity contribution is 6.32. The first-order valence-electron chi connectivity index (χ1n) is 7.66. The maximum Gasteiger partial charge on any atom is 0.416 e. The minimum absolute atomic E-state index is 0.119. The van der Waals surface area contributed by atoms with Crippen LogP contribution in [0.2, 0.25) is 5.02 Å². The van der Waals surface area contributed by atoms with Crippen LogP contribution in [0, 0.1) is 11.3 Å². The molecule has 0 spiro atoms. The summed E-state index contributed by atoms with van der Waals surface area (Å²) < 4.78 is 40.5. The van der Waals surface area contributed by atoms with Crippen molar-refractivity contribution < 1.29 is 13.2 Å². The molecule has 4 rings (SSSR count). The Labute approximate surface area is 155 Å². The first-order valence-corrected chi connectivity index (χ1v) is 8.04. The van der Waals surface area contributed by atoms with Crippen molar-refractivity contribution in [1.82, 2.24) is 19.5 Å². The van der Waals surface area contributed by atoms with Crippen LogP contribution in [0.4, 0.5) is 13.2 Å². The Morgan fingerprint density at radius 1 is 1.15 bits per heavy atom. The normalized spacial score (nSPS) is 11.7. The van der Waals surface area contributed by atoms with Gasteiger partial charge in [-0.3, -0.25) is 0 Å². The second kappa shape index (κ2) is 6.14. The quantitative estimate of drug-likeness (QED) is 0.528. The number of benzene rings is 1. The van der Waals surface area contributed by atoms with Crippen LogP contribution in [0.15, 0.2) is 49.2 Å². The molecule has 3 heterocycles. The summed E-state index contributed by atoms with van der Waals surface area (Å²) >= 11 is 6.11. The van der Waals surface area contributed by atoms with E-state index in [1.54, 1.807) is 12.3 Å². The lowest BCUT2D eigenvalue weighted by Crippen LogP contribution is -2.06. The minimum atomic E-state index is -4.50. The molecule has 0 unspecified atom stereocenters. The van der Waals surface area contributed by atoms with E-state index < -0.39 is 11.7 Å². The Bertz CT molecular complexity index is 1200. The van der Waals surface area contributed by atoms with Crippen LogP contribution < -0.4 is 0 Å². The molecule has 0 saturated carbocycles. The van der Waals surface area contributed by atoms with Gasteiger partial charge >= 0.3 is 6.18 Å². The molecule has 0 aliphatic heterocycles. The lowest BCUT2D eigenvalue weighted by atomic mass is 10.1. The number of nitrogens with zero attached hydrogens (tertiary/aromatic N) is 4. The summed E-state index contributed by atoms with van der Waals surface area (Å²) in [5.74, 6) is 0. The Morgan fingerprint density at radius 3 is 2.70 bits per heavy atom. The minimum Gasteiger partial charge on any atom is -0.346 e. The van der Waals surface area contributed by atoms with Crippen LogP contribution in [0.1, 0.15) is 11.1 Å². The molecule has 0 bridgehead atoms. The van der Waals surface area contributed by atoms with E-state index in [9.17, 15) is 18.4 Å². The molecule has 3 aromatic heterocycles. The topological polar surface area (TPSA) is 70.3 Å². The molecular formula is C18H9ClF3N5. The standard InChI is InChI=1S/C18H9ClF3N5/c19-14-2-1-11(18(20,21)22)5-15(14)27-7-10(6-23)13(8-27)16-12-3-4-24-17(12)26-9-25-16/h1-5,7-9H,(H,24,25,26). The largest absolute Gasteiger partial charge is 0.416 e.